The van der Waals surface area contributed by atoms with Gasteiger partial charge in [0, 0.05) is 21.7 Å². The maximum atomic E-state index is 13.8. The molecule has 0 radical (unpaired) electrons. The Labute approximate surface area is 152 Å². The highest BCUT2D eigenvalue weighted by molar-refractivity contribution is 6.35. The van der Waals surface area contributed by atoms with E-state index < -0.39 is 23.3 Å². The van der Waals surface area contributed by atoms with Crippen LogP contribution in [0.3, 0.4) is 0 Å². The Morgan fingerprint density at radius 1 is 1.08 bits per heavy atom. The van der Waals surface area contributed by atoms with Crippen molar-refractivity contribution in [1.82, 2.24) is 4.98 Å². The Kier molecular flexibility index (Phi) is 5.40. The number of aliphatic hydroxyl groups is 1. The van der Waals surface area contributed by atoms with Gasteiger partial charge in [0.05, 0.1) is 0 Å². The predicted molar refractivity (Wildman–Crippen MR) is 88.8 cm³/mol. The molecule has 130 valence electrons. The number of alkyl halides is 3. The normalized spacial score (nSPS) is 15.9. The molecule has 2 rings (SSSR count). The number of halogens is 6. The fraction of sp³-hybridized carbons (Fsp3) is 0.312. The summed E-state index contributed by atoms with van der Waals surface area (Å²) >= 11 is 17.6. The van der Waals surface area contributed by atoms with Gasteiger partial charge < -0.3 is 5.11 Å². The van der Waals surface area contributed by atoms with Crippen LogP contribution < -0.4 is 0 Å². The predicted octanol–water partition coefficient (Wildman–Crippen LogP) is 5.90. The van der Waals surface area contributed by atoms with E-state index in [1.165, 1.54) is 32.0 Å². The van der Waals surface area contributed by atoms with E-state index in [1.807, 2.05) is 0 Å². The third-order valence-corrected chi connectivity index (χ3v) is 4.61. The molecule has 0 saturated carbocycles. The van der Waals surface area contributed by atoms with Crippen molar-refractivity contribution in [3.05, 3.63) is 62.4 Å². The molecule has 0 aliphatic rings. The number of aryl methyl sites for hydroxylation is 1. The zero-order chi connectivity index (χ0) is 18.3. The smallest absolute Gasteiger partial charge is 0.376 e. The van der Waals surface area contributed by atoms with Crippen LogP contribution in [0.5, 0.6) is 0 Å². The molecular weight excluding hydrogens is 386 g/mol. The summed E-state index contributed by atoms with van der Waals surface area (Å²) in [6.07, 6.45) is -4.97. The second kappa shape index (κ2) is 6.71. The molecule has 2 nitrogen and oxygen atoms in total. The van der Waals surface area contributed by atoms with Crippen LogP contribution in [0.2, 0.25) is 15.2 Å². The lowest BCUT2D eigenvalue weighted by atomic mass is 9.78. The fourth-order valence-corrected chi connectivity index (χ4v) is 3.41. The van der Waals surface area contributed by atoms with E-state index in [0.717, 1.165) is 12.1 Å². The minimum atomic E-state index is -4.97. The van der Waals surface area contributed by atoms with Gasteiger partial charge in [-0.15, -0.1) is 0 Å². The first-order valence-corrected chi connectivity index (χ1v) is 7.99. The van der Waals surface area contributed by atoms with Gasteiger partial charge in [-0.1, -0.05) is 47.8 Å². The number of benzene rings is 1. The van der Waals surface area contributed by atoms with Crippen LogP contribution in [0.4, 0.5) is 13.2 Å². The Morgan fingerprint density at radius 2 is 1.71 bits per heavy atom. The van der Waals surface area contributed by atoms with E-state index in [-0.39, 0.29) is 26.5 Å². The van der Waals surface area contributed by atoms with Crippen LogP contribution >= 0.6 is 34.8 Å². The average molecular weight is 399 g/mol. The lowest BCUT2D eigenvalue weighted by Crippen LogP contribution is -2.46. The van der Waals surface area contributed by atoms with Crippen molar-refractivity contribution < 1.29 is 18.3 Å². The first kappa shape index (κ1) is 19.3. The monoisotopic (exact) mass is 397 g/mol. The van der Waals surface area contributed by atoms with Crippen molar-refractivity contribution in [2.45, 2.75) is 31.5 Å². The lowest BCUT2D eigenvalue weighted by molar-refractivity contribution is -0.274. The van der Waals surface area contributed by atoms with E-state index in [0.29, 0.717) is 0 Å². The number of nitrogens with zero attached hydrogens (tertiary/aromatic N) is 1. The van der Waals surface area contributed by atoms with Crippen molar-refractivity contribution in [1.29, 1.82) is 0 Å². The summed E-state index contributed by atoms with van der Waals surface area (Å²) in [7, 11) is 0. The molecule has 1 aromatic heterocycles. The number of hydrogen-bond donors (Lipinski definition) is 1. The Hall–Kier alpha value is -1.01. The molecule has 1 N–H and O–H groups in total. The molecule has 1 aromatic carbocycles. The standard InChI is InChI=1S/C16H13Cl3F3NO/c1-8-5-10(6-14(19)23-8)15(24,16(20,21)22)9(2)12-4-3-11(17)7-13(12)18/h3-7,9,24H,1-2H3. The van der Waals surface area contributed by atoms with Gasteiger partial charge >= 0.3 is 6.18 Å². The highest BCUT2D eigenvalue weighted by Gasteiger charge is 2.59. The second-order valence-electron chi connectivity index (χ2n) is 5.47. The summed E-state index contributed by atoms with van der Waals surface area (Å²) in [5.41, 5.74) is -3.21. The highest BCUT2D eigenvalue weighted by Crippen LogP contribution is 2.50. The third kappa shape index (κ3) is 3.49. The van der Waals surface area contributed by atoms with E-state index in [9.17, 15) is 18.3 Å². The molecule has 0 saturated heterocycles. The molecule has 1 heterocycles. The molecule has 2 atom stereocenters. The molecule has 2 unspecified atom stereocenters. The largest absolute Gasteiger partial charge is 0.422 e. The van der Waals surface area contributed by atoms with Crippen LogP contribution in [0.15, 0.2) is 30.3 Å². The van der Waals surface area contributed by atoms with Gasteiger partial charge in [0.15, 0.2) is 5.60 Å². The first-order chi connectivity index (χ1) is 11.0. The van der Waals surface area contributed by atoms with E-state index in [1.54, 1.807) is 0 Å². The molecule has 0 amide bonds. The van der Waals surface area contributed by atoms with Gasteiger partial charge in [0.2, 0.25) is 0 Å². The number of pyridine rings is 1. The zero-order valence-electron chi connectivity index (χ0n) is 12.6. The number of hydrogen-bond acceptors (Lipinski definition) is 2. The molecule has 0 aliphatic heterocycles. The minimum absolute atomic E-state index is 0.0366. The van der Waals surface area contributed by atoms with Gasteiger partial charge in [-0.3, -0.25) is 0 Å². The summed E-state index contributed by atoms with van der Waals surface area (Å²) in [4.78, 5) is 3.83. The quantitative estimate of drug-likeness (QED) is 0.653. The Bertz CT molecular complexity index is 746. The van der Waals surface area contributed by atoms with Crippen LogP contribution in [-0.2, 0) is 5.60 Å². The molecule has 0 bridgehead atoms. The molecule has 8 heteroatoms. The summed E-state index contributed by atoms with van der Waals surface area (Å²) in [6, 6.07) is 6.26. The van der Waals surface area contributed by atoms with E-state index in [2.05, 4.69) is 4.98 Å². The topological polar surface area (TPSA) is 33.1 Å². The first-order valence-electron chi connectivity index (χ1n) is 6.85. The highest BCUT2D eigenvalue weighted by atomic mass is 35.5. The zero-order valence-corrected chi connectivity index (χ0v) is 14.9. The molecule has 0 spiro atoms. The summed E-state index contributed by atoms with van der Waals surface area (Å²) in [6.45, 7) is 2.73. The van der Waals surface area contributed by atoms with Crippen LogP contribution in [-0.4, -0.2) is 16.3 Å². The van der Waals surface area contributed by atoms with Gasteiger partial charge in [-0.2, -0.15) is 13.2 Å². The van der Waals surface area contributed by atoms with Crippen molar-refractivity contribution in [2.24, 2.45) is 0 Å². The maximum Gasteiger partial charge on any atom is 0.422 e. The van der Waals surface area contributed by atoms with Gasteiger partial charge in [-0.05, 0) is 42.3 Å². The molecule has 0 fully saturated rings. The Balaban J connectivity index is 2.68. The van der Waals surface area contributed by atoms with Crippen LogP contribution in [0.25, 0.3) is 0 Å². The van der Waals surface area contributed by atoms with Crippen molar-refractivity contribution in [2.75, 3.05) is 0 Å². The fourth-order valence-electron chi connectivity index (χ4n) is 2.58. The molecule has 2 aromatic rings. The van der Waals surface area contributed by atoms with Gasteiger partial charge in [0.1, 0.15) is 5.15 Å². The van der Waals surface area contributed by atoms with E-state index in [4.69, 9.17) is 34.8 Å². The van der Waals surface area contributed by atoms with Crippen LogP contribution in [0.1, 0.15) is 29.7 Å². The molecule has 0 aliphatic carbocycles. The van der Waals surface area contributed by atoms with Crippen molar-refractivity contribution in [3.8, 4) is 0 Å². The van der Waals surface area contributed by atoms with Crippen molar-refractivity contribution >= 4 is 34.8 Å². The van der Waals surface area contributed by atoms with Gasteiger partial charge in [-0.25, -0.2) is 4.98 Å². The minimum Gasteiger partial charge on any atom is -0.376 e. The molecule has 24 heavy (non-hydrogen) atoms. The van der Waals surface area contributed by atoms with Crippen molar-refractivity contribution in [3.63, 3.8) is 0 Å². The number of aromatic nitrogens is 1. The van der Waals surface area contributed by atoms with E-state index >= 15 is 0 Å². The summed E-state index contributed by atoms with van der Waals surface area (Å²) < 4.78 is 41.5. The Morgan fingerprint density at radius 3 is 2.21 bits per heavy atom. The SMILES string of the molecule is Cc1cc(C(O)(C(C)c2ccc(Cl)cc2Cl)C(F)(F)F)cc(Cl)n1. The summed E-state index contributed by atoms with van der Waals surface area (Å²) in [5.74, 6) is -1.40. The summed E-state index contributed by atoms with van der Waals surface area (Å²) in [5, 5.41) is 10.9. The maximum absolute atomic E-state index is 13.8. The molecular formula is C16H13Cl3F3NO. The number of rotatable bonds is 3. The average Bonchev–Trinajstić information content (AvgIpc) is 2.43. The third-order valence-electron chi connectivity index (χ3n) is 3.85. The van der Waals surface area contributed by atoms with Gasteiger partial charge in [0.25, 0.3) is 0 Å². The lowest BCUT2D eigenvalue weighted by Gasteiger charge is -2.37. The van der Waals surface area contributed by atoms with Crippen LogP contribution in [0, 0.1) is 6.92 Å². The second-order valence-corrected chi connectivity index (χ2v) is 6.70.